The van der Waals surface area contributed by atoms with Crippen molar-refractivity contribution in [2.45, 2.75) is 6.42 Å². The molecule has 14 heavy (non-hydrogen) atoms. The van der Waals surface area contributed by atoms with Crippen molar-refractivity contribution in [3.63, 3.8) is 0 Å². The molecule has 0 saturated carbocycles. The maximum absolute atomic E-state index is 5.49. The lowest BCUT2D eigenvalue weighted by molar-refractivity contribution is 0.173. The van der Waals surface area contributed by atoms with Crippen LogP contribution >= 0.6 is 12.6 Å². The van der Waals surface area contributed by atoms with Crippen molar-refractivity contribution in [2.75, 3.05) is 19.2 Å². The molecule has 1 aliphatic rings. The van der Waals surface area contributed by atoms with E-state index in [1.165, 1.54) is 0 Å². The predicted octanol–water partition coefficient (Wildman–Crippen LogP) is 2.11. The summed E-state index contributed by atoms with van der Waals surface area (Å²) in [4.78, 5) is 0. The van der Waals surface area contributed by atoms with Crippen LogP contribution in [0.2, 0.25) is 0 Å². The maximum atomic E-state index is 5.49. The van der Waals surface area contributed by atoms with Gasteiger partial charge in [0.05, 0.1) is 6.61 Å². The largest absolute Gasteiger partial charge is 0.493 e. The van der Waals surface area contributed by atoms with Crippen molar-refractivity contribution in [1.82, 2.24) is 0 Å². The normalized spacial score (nSPS) is 12.9. The molecule has 1 aromatic rings. The van der Waals surface area contributed by atoms with E-state index in [2.05, 4.69) is 12.6 Å². The molecular weight excluding hydrogens is 200 g/mol. The fourth-order valence-electron chi connectivity index (χ4n) is 1.22. The first-order valence-electron chi connectivity index (χ1n) is 4.53. The zero-order chi connectivity index (χ0) is 9.80. The number of rotatable bonds is 4. The summed E-state index contributed by atoms with van der Waals surface area (Å²) in [6, 6.07) is 5.59. The van der Waals surface area contributed by atoms with E-state index in [1.807, 2.05) is 18.2 Å². The second-order valence-electron chi connectivity index (χ2n) is 2.94. The van der Waals surface area contributed by atoms with Gasteiger partial charge in [-0.1, -0.05) is 0 Å². The van der Waals surface area contributed by atoms with Crippen LogP contribution in [-0.2, 0) is 0 Å². The zero-order valence-electron chi connectivity index (χ0n) is 7.73. The lowest BCUT2D eigenvalue weighted by Crippen LogP contribution is -1.97. The number of thiol groups is 1. The molecule has 0 atom stereocenters. The lowest BCUT2D eigenvalue weighted by atomic mass is 10.3. The first kappa shape index (κ1) is 9.52. The molecule has 0 fully saturated rings. The molecule has 0 aromatic heterocycles. The molecule has 1 aliphatic heterocycles. The van der Waals surface area contributed by atoms with Crippen LogP contribution in [0.4, 0.5) is 0 Å². The van der Waals surface area contributed by atoms with Gasteiger partial charge in [-0.25, -0.2) is 0 Å². The average Bonchev–Trinajstić information content (AvgIpc) is 2.65. The second kappa shape index (κ2) is 4.46. The summed E-state index contributed by atoms with van der Waals surface area (Å²) in [6.07, 6.45) is 0.942. The van der Waals surface area contributed by atoms with E-state index in [0.29, 0.717) is 13.4 Å². The highest BCUT2D eigenvalue weighted by Crippen LogP contribution is 2.34. The maximum Gasteiger partial charge on any atom is 0.231 e. The standard InChI is InChI=1S/C10H12O3S/c14-5-1-4-11-8-2-3-9-10(6-8)13-7-12-9/h2-3,6,14H,1,4-5,7H2. The highest BCUT2D eigenvalue weighted by atomic mass is 32.1. The van der Waals surface area contributed by atoms with E-state index in [9.17, 15) is 0 Å². The van der Waals surface area contributed by atoms with Crippen LogP contribution in [0.25, 0.3) is 0 Å². The van der Waals surface area contributed by atoms with Gasteiger partial charge in [0.2, 0.25) is 6.79 Å². The molecule has 1 heterocycles. The summed E-state index contributed by atoms with van der Waals surface area (Å²) < 4.78 is 15.9. The Kier molecular flexibility index (Phi) is 3.03. The van der Waals surface area contributed by atoms with Gasteiger partial charge in [-0.2, -0.15) is 12.6 Å². The summed E-state index contributed by atoms with van der Waals surface area (Å²) in [5.74, 6) is 3.20. The molecule has 4 heteroatoms. The summed E-state index contributed by atoms with van der Waals surface area (Å²) in [7, 11) is 0. The monoisotopic (exact) mass is 212 g/mol. The number of ether oxygens (including phenoxy) is 3. The van der Waals surface area contributed by atoms with Crippen LogP contribution in [0.3, 0.4) is 0 Å². The second-order valence-corrected chi connectivity index (χ2v) is 3.39. The molecule has 0 amide bonds. The Morgan fingerprint density at radius 2 is 2.14 bits per heavy atom. The van der Waals surface area contributed by atoms with Gasteiger partial charge in [-0.3, -0.25) is 0 Å². The Morgan fingerprint density at radius 1 is 1.29 bits per heavy atom. The molecule has 0 unspecified atom stereocenters. The quantitative estimate of drug-likeness (QED) is 0.612. The van der Waals surface area contributed by atoms with Gasteiger partial charge in [0.25, 0.3) is 0 Å². The lowest BCUT2D eigenvalue weighted by Gasteiger charge is -2.05. The van der Waals surface area contributed by atoms with Crippen molar-refractivity contribution < 1.29 is 14.2 Å². The Morgan fingerprint density at radius 3 is 3.00 bits per heavy atom. The van der Waals surface area contributed by atoms with Gasteiger partial charge in [0, 0.05) is 6.07 Å². The Hall–Kier alpha value is -1.03. The minimum absolute atomic E-state index is 0.301. The van der Waals surface area contributed by atoms with Crippen molar-refractivity contribution in [3.05, 3.63) is 18.2 Å². The topological polar surface area (TPSA) is 27.7 Å². The SMILES string of the molecule is SCCCOc1ccc2c(c1)OCO2. The van der Waals surface area contributed by atoms with E-state index in [4.69, 9.17) is 14.2 Å². The van der Waals surface area contributed by atoms with Gasteiger partial charge in [-0.05, 0) is 24.3 Å². The van der Waals surface area contributed by atoms with E-state index >= 15 is 0 Å². The molecular formula is C10H12O3S. The van der Waals surface area contributed by atoms with E-state index < -0.39 is 0 Å². The highest BCUT2D eigenvalue weighted by molar-refractivity contribution is 7.80. The fourth-order valence-corrected chi connectivity index (χ4v) is 1.35. The Bertz CT molecular complexity index is 314. The van der Waals surface area contributed by atoms with Crippen molar-refractivity contribution >= 4 is 12.6 Å². The van der Waals surface area contributed by atoms with Crippen LogP contribution in [-0.4, -0.2) is 19.2 Å². The minimum Gasteiger partial charge on any atom is -0.493 e. The van der Waals surface area contributed by atoms with Crippen LogP contribution in [0, 0.1) is 0 Å². The molecule has 3 nitrogen and oxygen atoms in total. The van der Waals surface area contributed by atoms with Crippen LogP contribution in [0.5, 0.6) is 17.2 Å². The fraction of sp³-hybridized carbons (Fsp3) is 0.400. The summed E-state index contributed by atoms with van der Waals surface area (Å²) >= 11 is 4.11. The van der Waals surface area contributed by atoms with Crippen LogP contribution in [0.15, 0.2) is 18.2 Å². The van der Waals surface area contributed by atoms with Gasteiger partial charge in [-0.15, -0.1) is 0 Å². The van der Waals surface area contributed by atoms with Crippen molar-refractivity contribution in [1.29, 1.82) is 0 Å². The molecule has 0 bridgehead atoms. The molecule has 2 rings (SSSR count). The third kappa shape index (κ3) is 2.07. The van der Waals surface area contributed by atoms with E-state index in [-0.39, 0.29) is 0 Å². The molecule has 76 valence electrons. The van der Waals surface area contributed by atoms with Gasteiger partial charge in [0.15, 0.2) is 11.5 Å². The third-order valence-corrected chi connectivity index (χ3v) is 2.23. The number of hydrogen-bond donors (Lipinski definition) is 1. The number of benzene rings is 1. The molecule has 0 spiro atoms. The molecule has 0 radical (unpaired) electrons. The van der Waals surface area contributed by atoms with Gasteiger partial charge >= 0.3 is 0 Å². The van der Waals surface area contributed by atoms with Crippen LogP contribution in [0.1, 0.15) is 6.42 Å². The molecule has 1 aromatic carbocycles. The summed E-state index contributed by atoms with van der Waals surface area (Å²) in [5, 5.41) is 0. The predicted molar refractivity (Wildman–Crippen MR) is 56.5 cm³/mol. The van der Waals surface area contributed by atoms with E-state index in [1.54, 1.807) is 0 Å². The molecule has 0 aliphatic carbocycles. The highest BCUT2D eigenvalue weighted by Gasteiger charge is 2.13. The summed E-state index contributed by atoms with van der Waals surface area (Å²) in [6.45, 7) is 0.985. The van der Waals surface area contributed by atoms with Crippen molar-refractivity contribution in [3.8, 4) is 17.2 Å². The first-order valence-corrected chi connectivity index (χ1v) is 5.17. The minimum atomic E-state index is 0.301. The van der Waals surface area contributed by atoms with Gasteiger partial charge < -0.3 is 14.2 Å². The Labute approximate surface area is 88.4 Å². The van der Waals surface area contributed by atoms with Crippen molar-refractivity contribution in [2.24, 2.45) is 0 Å². The number of hydrogen-bond acceptors (Lipinski definition) is 4. The first-order chi connectivity index (χ1) is 6.90. The van der Waals surface area contributed by atoms with Gasteiger partial charge in [0.1, 0.15) is 5.75 Å². The average molecular weight is 212 g/mol. The van der Waals surface area contributed by atoms with Crippen LogP contribution < -0.4 is 14.2 Å². The summed E-state index contributed by atoms with van der Waals surface area (Å²) in [5.41, 5.74) is 0. The number of fused-ring (bicyclic) bond motifs is 1. The smallest absolute Gasteiger partial charge is 0.231 e. The molecule has 0 N–H and O–H groups in total. The third-order valence-electron chi connectivity index (χ3n) is 1.92. The Balaban J connectivity index is 1.98. The molecule has 0 saturated heterocycles. The zero-order valence-corrected chi connectivity index (χ0v) is 8.63. The van der Waals surface area contributed by atoms with E-state index in [0.717, 1.165) is 29.4 Å².